The van der Waals surface area contributed by atoms with Crippen LogP contribution < -0.4 is 0 Å². The molecule has 2 aliphatic carbocycles. The number of carboxylic acid groups (broad SMARTS) is 1. The molecule has 33 heavy (non-hydrogen) atoms. The summed E-state index contributed by atoms with van der Waals surface area (Å²) in [7, 11) is 0. The third kappa shape index (κ3) is 3.45. The van der Waals surface area contributed by atoms with Gasteiger partial charge in [-0.15, -0.1) is 10.2 Å². The minimum Gasteiger partial charge on any atom is -0.480 e. The first-order valence-corrected chi connectivity index (χ1v) is 12.8. The van der Waals surface area contributed by atoms with Crippen molar-refractivity contribution in [3.05, 3.63) is 24.3 Å². The van der Waals surface area contributed by atoms with Gasteiger partial charge < -0.3 is 10.1 Å². The first kappa shape index (κ1) is 21.1. The molecule has 3 aromatic heterocycles. The zero-order chi connectivity index (χ0) is 22.5. The van der Waals surface area contributed by atoms with Gasteiger partial charge in [0.1, 0.15) is 11.9 Å². The number of nitrogens with zero attached hydrogens (tertiary/aromatic N) is 5. The molecule has 176 valence electrons. The largest absolute Gasteiger partial charge is 0.480 e. The van der Waals surface area contributed by atoms with Gasteiger partial charge in [0.2, 0.25) is 0 Å². The van der Waals surface area contributed by atoms with E-state index in [1.54, 1.807) is 6.20 Å². The Balaban J connectivity index is 1.30. The fourth-order valence-corrected chi connectivity index (χ4v) is 7.40. The van der Waals surface area contributed by atoms with Crippen molar-refractivity contribution in [2.45, 2.75) is 82.7 Å². The molecule has 3 aliphatic rings. The number of nitrogens with one attached hydrogen (secondary N) is 1. The maximum atomic E-state index is 12.5. The van der Waals surface area contributed by atoms with Crippen molar-refractivity contribution < 1.29 is 9.90 Å². The molecule has 0 spiro atoms. The average Bonchev–Trinajstić information content (AvgIpc) is 3.62. The van der Waals surface area contributed by atoms with Gasteiger partial charge in [-0.05, 0) is 49.6 Å². The summed E-state index contributed by atoms with van der Waals surface area (Å²) >= 11 is 0. The summed E-state index contributed by atoms with van der Waals surface area (Å²) in [4.78, 5) is 22.5. The number of rotatable bonds is 5. The third-order valence-electron chi connectivity index (χ3n) is 8.95. The summed E-state index contributed by atoms with van der Waals surface area (Å²) in [5.41, 5.74) is 2.62. The van der Waals surface area contributed by atoms with Crippen LogP contribution in [-0.4, -0.2) is 59.2 Å². The highest BCUT2D eigenvalue weighted by Gasteiger charge is 2.49. The van der Waals surface area contributed by atoms with Gasteiger partial charge in [0, 0.05) is 18.2 Å². The molecule has 8 nitrogen and oxygen atoms in total. The minimum atomic E-state index is -0.618. The predicted octanol–water partition coefficient (Wildman–Crippen LogP) is 4.23. The Kier molecular flexibility index (Phi) is 5.35. The van der Waals surface area contributed by atoms with E-state index in [0.29, 0.717) is 23.8 Å². The predicted molar refractivity (Wildman–Crippen MR) is 125 cm³/mol. The molecule has 2 N–H and O–H groups in total. The maximum Gasteiger partial charge on any atom is 0.321 e. The Morgan fingerprint density at radius 1 is 1.18 bits per heavy atom. The highest BCUT2D eigenvalue weighted by molar-refractivity contribution is 5.75. The number of carboxylic acids is 1. The lowest BCUT2D eigenvalue weighted by Crippen LogP contribution is -2.46. The van der Waals surface area contributed by atoms with Gasteiger partial charge in [-0.2, -0.15) is 0 Å². The maximum absolute atomic E-state index is 12.5. The molecule has 3 fully saturated rings. The first-order valence-electron chi connectivity index (χ1n) is 12.8. The van der Waals surface area contributed by atoms with E-state index in [-0.39, 0.29) is 12.0 Å². The van der Waals surface area contributed by atoms with Gasteiger partial charge in [0.05, 0.1) is 11.7 Å². The number of hydrogen-bond acceptors (Lipinski definition) is 5. The van der Waals surface area contributed by atoms with Crippen molar-refractivity contribution in [3.8, 4) is 0 Å². The van der Waals surface area contributed by atoms with E-state index in [1.807, 2.05) is 12.3 Å². The van der Waals surface area contributed by atoms with Crippen LogP contribution in [0.2, 0.25) is 0 Å². The van der Waals surface area contributed by atoms with E-state index < -0.39 is 5.97 Å². The molecule has 0 aromatic carbocycles. The second-order valence-electron chi connectivity index (χ2n) is 10.5. The van der Waals surface area contributed by atoms with Gasteiger partial charge in [0.25, 0.3) is 0 Å². The van der Waals surface area contributed by atoms with Crippen molar-refractivity contribution in [2.24, 2.45) is 17.8 Å². The number of H-pyrrole nitrogens is 1. The number of fused-ring (bicyclic) bond motifs is 3. The summed E-state index contributed by atoms with van der Waals surface area (Å²) in [6, 6.07) is 2.00. The zero-order valence-electron chi connectivity index (χ0n) is 19.4. The summed E-state index contributed by atoms with van der Waals surface area (Å²) in [6.45, 7) is 3.17. The van der Waals surface area contributed by atoms with E-state index in [2.05, 4.69) is 36.4 Å². The van der Waals surface area contributed by atoms with E-state index in [1.165, 1.54) is 32.1 Å². The molecule has 6 rings (SSSR count). The Bertz CT molecular complexity index is 1150. The van der Waals surface area contributed by atoms with Gasteiger partial charge in [-0.3, -0.25) is 14.1 Å². The molecule has 0 radical (unpaired) electrons. The van der Waals surface area contributed by atoms with E-state index >= 15 is 0 Å². The fourth-order valence-electron chi connectivity index (χ4n) is 7.40. The van der Waals surface area contributed by atoms with Gasteiger partial charge in [-0.1, -0.05) is 45.4 Å². The topological polar surface area (TPSA) is 99.4 Å². The Morgan fingerprint density at radius 3 is 2.82 bits per heavy atom. The number of hydrogen-bond donors (Lipinski definition) is 2. The lowest BCUT2D eigenvalue weighted by molar-refractivity contribution is -0.145. The number of likely N-dealkylation sites (tertiary alicyclic amines) is 1. The highest BCUT2D eigenvalue weighted by Crippen LogP contribution is 2.47. The molecular formula is C25H34N6O2. The number of aromatic nitrogens is 5. The number of aliphatic carboxylic acids is 1. The van der Waals surface area contributed by atoms with E-state index in [4.69, 9.17) is 0 Å². The lowest BCUT2D eigenvalue weighted by atomic mass is 9.76. The fraction of sp³-hybridized carbons (Fsp3) is 0.680. The Morgan fingerprint density at radius 2 is 2.03 bits per heavy atom. The summed E-state index contributed by atoms with van der Waals surface area (Å²) in [6.07, 6.45) is 14.0. The van der Waals surface area contributed by atoms with Crippen LogP contribution in [0.5, 0.6) is 0 Å². The summed E-state index contributed by atoms with van der Waals surface area (Å²) in [5.74, 6) is 2.03. The van der Waals surface area contributed by atoms with Crippen molar-refractivity contribution >= 4 is 22.8 Å². The van der Waals surface area contributed by atoms with Gasteiger partial charge >= 0.3 is 5.97 Å². The van der Waals surface area contributed by atoms with Gasteiger partial charge in [-0.25, -0.2) is 4.98 Å². The van der Waals surface area contributed by atoms with Crippen molar-refractivity contribution in [1.82, 2.24) is 29.5 Å². The molecule has 8 heteroatoms. The molecule has 2 saturated carbocycles. The van der Waals surface area contributed by atoms with Crippen LogP contribution >= 0.6 is 0 Å². The first-order chi connectivity index (χ1) is 16.2. The van der Waals surface area contributed by atoms with E-state index in [0.717, 1.165) is 54.9 Å². The molecule has 5 atom stereocenters. The quantitative estimate of drug-likeness (QED) is 0.603. The second-order valence-corrected chi connectivity index (χ2v) is 10.5. The van der Waals surface area contributed by atoms with Crippen LogP contribution in [0.25, 0.3) is 16.8 Å². The van der Waals surface area contributed by atoms with Gasteiger partial charge in [0.15, 0.2) is 11.3 Å². The summed E-state index contributed by atoms with van der Waals surface area (Å²) in [5, 5.41) is 19.3. The van der Waals surface area contributed by atoms with Crippen LogP contribution in [-0.2, 0) is 4.79 Å². The Hall–Kier alpha value is -2.48. The van der Waals surface area contributed by atoms with E-state index in [9.17, 15) is 9.90 Å². The molecular weight excluding hydrogens is 416 g/mol. The monoisotopic (exact) mass is 450 g/mol. The highest BCUT2D eigenvalue weighted by atomic mass is 16.4. The van der Waals surface area contributed by atoms with Crippen LogP contribution in [0.4, 0.5) is 0 Å². The SMILES string of the molecule is CC[C@@H]1C[C@H](N2CCC(C3CCCCC3)[C@H]2C(=O)O)C[C@@H]1c1nnc2cnc3[nH]ccc3n12. The standard InChI is InChI=1S/C25H34N6O2/c1-2-15-12-17(30-11-9-18(22(30)25(32)33)16-6-4-3-5-7-16)13-19(15)24-29-28-21-14-27-23-20(31(21)24)8-10-26-23/h8,10,14-19,22,26H,2-7,9,11-13H2,1H3,(H,32,33)/t15-,17+,18?,19+,22+/m1/s1. The Labute approximate surface area is 193 Å². The minimum absolute atomic E-state index is 0.277. The molecule has 1 unspecified atom stereocenters. The molecule has 1 aliphatic heterocycles. The summed E-state index contributed by atoms with van der Waals surface area (Å²) < 4.78 is 2.15. The lowest BCUT2D eigenvalue weighted by Gasteiger charge is -2.34. The molecule has 3 aromatic rings. The number of aromatic amines is 1. The molecule has 4 heterocycles. The van der Waals surface area contributed by atoms with Crippen LogP contribution in [0.1, 0.15) is 76.5 Å². The smallest absolute Gasteiger partial charge is 0.321 e. The number of carbonyl (C=O) groups is 1. The third-order valence-corrected chi connectivity index (χ3v) is 8.95. The van der Waals surface area contributed by atoms with Crippen LogP contribution in [0, 0.1) is 17.8 Å². The van der Waals surface area contributed by atoms with Crippen LogP contribution in [0.3, 0.4) is 0 Å². The second kappa shape index (κ2) is 8.38. The van der Waals surface area contributed by atoms with Crippen LogP contribution in [0.15, 0.2) is 18.5 Å². The molecule has 1 saturated heterocycles. The van der Waals surface area contributed by atoms with Crippen molar-refractivity contribution in [3.63, 3.8) is 0 Å². The zero-order valence-corrected chi connectivity index (χ0v) is 19.4. The van der Waals surface area contributed by atoms with Crippen molar-refractivity contribution in [2.75, 3.05) is 6.54 Å². The normalized spacial score (nSPS) is 31.7. The average molecular weight is 451 g/mol. The molecule has 0 bridgehead atoms. The van der Waals surface area contributed by atoms with Crippen molar-refractivity contribution in [1.29, 1.82) is 0 Å². The molecule has 0 amide bonds.